The minimum Gasteiger partial charge on any atom is -0.565 e. The summed E-state index contributed by atoms with van der Waals surface area (Å²) in [5, 5.41) is 15.3. The van der Waals surface area contributed by atoms with Crippen molar-refractivity contribution in [1.82, 2.24) is 0 Å². The number of hydrogen-bond acceptors (Lipinski definition) is 2. The van der Waals surface area contributed by atoms with Gasteiger partial charge in [0.15, 0.2) is 0 Å². The molecule has 0 fully saturated rings. The molecule has 0 aromatic carbocycles. The van der Waals surface area contributed by atoms with Crippen molar-refractivity contribution in [3.63, 3.8) is 0 Å². The van der Waals surface area contributed by atoms with Crippen molar-refractivity contribution in [2.75, 3.05) is 0 Å². The molecule has 0 unspecified atom stereocenters. The van der Waals surface area contributed by atoms with Gasteiger partial charge in [-0.2, -0.15) is 0 Å². The molecule has 1 N–H and O–H groups in total. The van der Waals surface area contributed by atoms with Gasteiger partial charge in [-0.05, 0) is 0 Å². The Kier molecular flexibility index (Phi) is 7.67. The molecule has 5 heavy (non-hydrogen) atoms. The fourth-order valence-electron chi connectivity index (χ4n) is 0. The van der Waals surface area contributed by atoms with Gasteiger partial charge < -0.3 is 15.0 Å². The Balaban J connectivity index is 0. The maximum absolute atomic E-state index is 8.44. The molecule has 0 atom stereocenters. The second-order valence-electron chi connectivity index (χ2n) is 0.266. The van der Waals surface area contributed by atoms with Crippen LogP contribution in [0.25, 0.3) is 0 Å². The molecular weight excluding hydrogens is 83.0 g/mol. The summed E-state index contributed by atoms with van der Waals surface area (Å²) in [4.78, 5) is 8.44. The van der Waals surface area contributed by atoms with Crippen molar-refractivity contribution < 1.29 is 44.6 Å². The first-order valence-electron chi connectivity index (χ1n) is 0.632. The van der Waals surface area contributed by atoms with Gasteiger partial charge in [-0.15, -0.1) is 0 Å². The molecule has 0 bridgehead atoms. The summed E-state index contributed by atoms with van der Waals surface area (Å²) in [6.07, 6.45) is -2.08. The molecule has 0 aromatic heterocycles. The molecule has 0 radical (unpaired) electrons. The van der Waals surface area contributed by atoms with Gasteiger partial charge in [0.2, 0.25) is 6.16 Å². The van der Waals surface area contributed by atoms with E-state index in [0.29, 0.717) is 0 Å². The van der Waals surface area contributed by atoms with Crippen molar-refractivity contribution in [2.45, 2.75) is 0 Å². The maximum Gasteiger partial charge on any atom is 1.00 e. The fourth-order valence-corrected chi connectivity index (χ4v) is 0. The van der Waals surface area contributed by atoms with Crippen LogP contribution >= 0.6 is 0 Å². The summed E-state index contributed by atoms with van der Waals surface area (Å²) >= 11 is 0. The molecule has 0 aromatic rings. The summed E-state index contributed by atoms with van der Waals surface area (Å²) in [5.74, 6) is 0. The predicted octanol–water partition coefficient (Wildman–Crippen LogP) is -4.11. The number of carboxylic acid groups (broad SMARTS) is 2. The Labute approximate surface area is 50.9 Å². The average molecular weight is 84.0 g/mol. The smallest absolute Gasteiger partial charge is 0.565 e. The minimum atomic E-state index is -2.08. The van der Waals surface area contributed by atoms with Gasteiger partial charge >= 0.3 is 29.6 Å². The van der Waals surface area contributed by atoms with Crippen molar-refractivity contribution >= 4 is 6.16 Å². The van der Waals surface area contributed by atoms with Crippen LogP contribution in [0.5, 0.6) is 0 Å². The van der Waals surface area contributed by atoms with E-state index < -0.39 is 6.16 Å². The first-order chi connectivity index (χ1) is 1.73. The molecule has 4 heteroatoms. The van der Waals surface area contributed by atoms with E-state index in [1.54, 1.807) is 0 Å². The zero-order valence-corrected chi connectivity index (χ0v) is 4.76. The molecule has 0 aliphatic heterocycles. The normalized spacial score (nSPS) is 4.80. The van der Waals surface area contributed by atoms with Crippen LogP contribution in [-0.2, 0) is 0 Å². The Bertz CT molecular complexity index is 29.9. The Morgan fingerprint density at radius 2 is 1.80 bits per heavy atom. The number of rotatable bonds is 0. The van der Waals surface area contributed by atoms with E-state index in [4.69, 9.17) is 15.0 Å². The van der Waals surface area contributed by atoms with E-state index in [0.717, 1.165) is 0 Å². The summed E-state index contributed by atoms with van der Waals surface area (Å²) in [6, 6.07) is 0. The first kappa shape index (κ1) is 8.99. The van der Waals surface area contributed by atoms with Crippen LogP contribution in [0.1, 0.15) is 0 Å². The number of carbonyl (C=O) groups is 1. The molecule has 0 saturated carbocycles. The van der Waals surface area contributed by atoms with Gasteiger partial charge in [-0.1, -0.05) is 0 Å². The molecule has 0 rings (SSSR count). The second-order valence-corrected chi connectivity index (χ2v) is 0.266. The second kappa shape index (κ2) is 4.27. The molecule has 3 nitrogen and oxygen atoms in total. The standard InChI is InChI=1S/CH2O3.Na/c2-1(3)4;/h(H2,2,3,4);/q;+1/p-1/i1+0;. The van der Waals surface area contributed by atoms with Gasteiger partial charge in [-0.3, -0.25) is 0 Å². The van der Waals surface area contributed by atoms with E-state index in [-0.39, 0.29) is 29.6 Å². The number of hydrogen-bond donors (Lipinski definition) is 1. The van der Waals surface area contributed by atoms with E-state index in [9.17, 15) is 0 Å². The molecule has 0 saturated heterocycles. The van der Waals surface area contributed by atoms with Crippen molar-refractivity contribution in [3.05, 3.63) is 0 Å². The van der Waals surface area contributed by atoms with Crippen LogP contribution in [-0.4, -0.2) is 11.3 Å². The maximum atomic E-state index is 8.44. The first-order valence-corrected chi connectivity index (χ1v) is 0.632. The third-order valence-corrected chi connectivity index (χ3v) is 0. The summed E-state index contributed by atoms with van der Waals surface area (Å²) in [5.41, 5.74) is 0. The molecule has 0 amide bonds. The summed E-state index contributed by atoms with van der Waals surface area (Å²) < 4.78 is 0. The van der Waals surface area contributed by atoms with Gasteiger partial charge in [0.1, 0.15) is 0 Å². The molecule has 24 valence electrons. The monoisotopic (exact) mass is 84.0 g/mol. The van der Waals surface area contributed by atoms with Crippen molar-refractivity contribution in [2.24, 2.45) is 0 Å². The largest absolute Gasteiger partial charge is 1.00 e. The van der Waals surface area contributed by atoms with Crippen LogP contribution in [0.4, 0.5) is 4.79 Å². The summed E-state index contributed by atoms with van der Waals surface area (Å²) in [7, 11) is 0. The Morgan fingerprint density at radius 3 is 1.80 bits per heavy atom. The fraction of sp³-hybridized carbons (Fsp3) is 0. The van der Waals surface area contributed by atoms with E-state index in [1.807, 2.05) is 0 Å². The van der Waals surface area contributed by atoms with Crippen LogP contribution in [0, 0.1) is 0 Å². The van der Waals surface area contributed by atoms with Crippen molar-refractivity contribution in [3.8, 4) is 0 Å². The zero-order valence-electron chi connectivity index (χ0n) is 2.76. The van der Waals surface area contributed by atoms with Crippen molar-refractivity contribution in [1.29, 1.82) is 0 Å². The minimum absolute atomic E-state index is 0. The van der Waals surface area contributed by atoms with Crippen LogP contribution < -0.4 is 34.7 Å². The molecule has 0 spiro atoms. The Morgan fingerprint density at radius 1 is 1.80 bits per heavy atom. The van der Waals surface area contributed by atoms with Gasteiger partial charge in [-0.25, -0.2) is 0 Å². The van der Waals surface area contributed by atoms with Crippen LogP contribution in [0.2, 0.25) is 0 Å². The summed E-state index contributed by atoms with van der Waals surface area (Å²) in [6.45, 7) is 0. The third kappa shape index (κ3) is 302. The SMILES string of the molecule is O=[12C]([O-])O.[Na+]. The van der Waals surface area contributed by atoms with Crippen LogP contribution in [0.3, 0.4) is 0 Å². The van der Waals surface area contributed by atoms with E-state index in [1.165, 1.54) is 0 Å². The van der Waals surface area contributed by atoms with Gasteiger partial charge in [0.05, 0.1) is 0 Å². The topological polar surface area (TPSA) is 60.4 Å². The van der Waals surface area contributed by atoms with Gasteiger partial charge in [0.25, 0.3) is 0 Å². The third-order valence-electron chi connectivity index (χ3n) is 0. The predicted molar refractivity (Wildman–Crippen MR) is 8.02 cm³/mol. The Hall–Kier alpha value is 0.270. The van der Waals surface area contributed by atoms with E-state index in [2.05, 4.69) is 0 Å². The molecule has 0 aliphatic rings. The zero-order chi connectivity index (χ0) is 3.58. The van der Waals surface area contributed by atoms with Crippen LogP contribution in [0.15, 0.2) is 0 Å². The van der Waals surface area contributed by atoms with E-state index >= 15 is 0 Å². The molecule has 0 heterocycles. The molecular formula is CHNaO3. The average Bonchev–Trinajstić information content (AvgIpc) is 0.811. The molecule has 0 aliphatic carbocycles. The van der Waals surface area contributed by atoms with Gasteiger partial charge in [0, 0.05) is 0 Å². The quantitative estimate of drug-likeness (QED) is 0.303.